The van der Waals surface area contributed by atoms with Crippen LogP contribution in [-0.4, -0.2) is 33.5 Å². The largest absolute Gasteiger partial charge is 0.416 e. The normalized spacial score (nSPS) is 17.5. The maximum atomic E-state index is 13.1. The van der Waals surface area contributed by atoms with Gasteiger partial charge in [0.1, 0.15) is 6.10 Å². The number of nitrogens with zero attached hydrogens (tertiary/aromatic N) is 2. The molecule has 0 aliphatic carbocycles. The zero-order chi connectivity index (χ0) is 21.2. The minimum Gasteiger partial charge on any atom is -0.368 e. The van der Waals surface area contributed by atoms with Gasteiger partial charge in [0.25, 0.3) is 5.91 Å². The summed E-state index contributed by atoms with van der Waals surface area (Å²) in [4.78, 5) is 20.5. The van der Waals surface area contributed by atoms with Crippen molar-refractivity contribution >= 4 is 5.91 Å². The average molecular weight is 421 g/mol. The van der Waals surface area contributed by atoms with Crippen molar-refractivity contribution in [2.75, 3.05) is 6.61 Å². The number of benzene rings is 1. The van der Waals surface area contributed by atoms with Crippen molar-refractivity contribution in [1.29, 1.82) is 0 Å². The van der Waals surface area contributed by atoms with Gasteiger partial charge in [-0.15, -0.1) is 0 Å². The lowest BCUT2D eigenvalue weighted by Crippen LogP contribution is -2.38. The van der Waals surface area contributed by atoms with Crippen LogP contribution in [0.1, 0.15) is 35.2 Å². The number of rotatable bonds is 5. The number of aromatic amines is 1. The van der Waals surface area contributed by atoms with Crippen molar-refractivity contribution in [3.63, 3.8) is 0 Å². The highest BCUT2D eigenvalue weighted by Crippen LogP contribution is 2.36. The fourth-order valence-electron chi connectivity index (χ4n) is 3.10. The molecule has 3 rings (SSSR count). The summed E-state index contributed by atoms with van der Waals surface area (Å²) in [6.45, 7) is -0.128. The molecule has 1 atom stereocenters. The molecule has 2 heterocycles. The number of alkyl halides is 6. The van der Waals surface area contributed by atoms with E-state index in [0.717, 1.165) is 0 Å². The topological polar surface area (TPSA) is 58.2 Å². The van der Waals surface area contributed by atoms with Gasteiger partial charge in [-0.25, -0.2) is 4.98 Å². The maximum Gasteiger partial charge on any atom is 0.416 e. The van der Waals surface area contributed by atoms with Crippen molar-refractivity contribution in [2.24, 2.45) is 0 Å². The number of carbonyl (C=O) groups excluding carboxylic acids is 1. The van der Waals surface area contributed by atoms with Crippen LogP contribution in [-0.2, 0) is 35.0 Å². The summed E-state index contributed by atoms with van der Waals surface area (Å²) in [5.41, 5.74) is -2.64. The molecular weight excluding hydrogens is 404 g/mol. The summed E-state index contributed by atoms with van der Waals surface area (Å²) in [6, 6.07) is 1.31. The number of H-pyrrole nitrogens is 1. The minimum atomic E-state index is -4.96. The Morgan fingerprint density at radius 3 is 2.24 bits per heavy atom. The number of imidazole rings is 1. The van der Waals surface area contributed by atoms with E-state index in [0.29, 0.717) is 37.3 Å². The third-order valence-corrected chi connectivity index (χ3v) is 4.45. The van der Waals surface area contributed by atoms with Crippen molar-refractivity contribution in [1.82, 2.24) is 14.9 Å². The average Bonchev–Trinajstić information content (AvgIpc) is 3.33. The molecule has 1 aliphatic heterocycles. The molecule has 11 heteroatoms. The standard InChI is InChI=1S/C18H17F6N3O2/c19-17(20,21)12-4-11(5-13(6-12)18(22,23)24)8-27(9-14-7-25-10-26-14)16(28)15-2-1-3-29-15/h4-7,10,15H,1-3,8-9H2,(H,25,26). The molecule has 1 aromatic heterocycles. The van der Waals surface area contributed by atoms with E-state index < -0.39 is 42.0 Å². The predicted octanol–water partition coefficient (Wildman–Crippen LogP) is 4.16. The van der Waals surface area contributed by atoms with Crippen LogP contribution in [0.3, 0.4) is 0 Å². The summed E-state index contributed by atoms with van der Waals surface area (Å²) in [5.74, 6) is -0.497. The van der Waals surface area contributed by atoms with Crippen LogP contribution in [0.15, 0.2) is 30.7 Å². The molecule has 0 radical (unpaired) electrons. The first-order valence-corrected chi connectivity index (χ1v) is 8.70. The fraction of sp³-hybridized carbons (Fsp3) is 0.444. The Balaban J connectivity index is 1.94. The van der Waals surface area contributed by atoms with Gasteiger partial charge in [-0.3, -0.25) is 4.79 Å². The predicted molar refractivity (Wildman–Crippen MR) is 88.3 cm³/mol. The van der Waals surface area contributed by atoms with Crippen LogP contribution in [0.2, 0.25) is 0 Å². The smallest absolute Gasteiger partial charge is 0.368 e. The number of hydrogen-bond donors (Lipinski definition) is 1. The zero-order valence-corrected chi connectivity index (χ0v) is 15.0. The molecule has 1 N–H and O–H groups in total. The van der Waals surface area contributed by atoms with Gasteiger partial charge in [0.05, 0.1) is 29.7 Å². The number of carbonyl (C=O) groups is 1. The van der Waals surface area contributed by atoms with E-state index in [1.54, 1.807) is 0 Å². The lowest BCUT2D eigenvalue weighted by atomic mass is 10.0. The van der Waals surface area contributed by atoms with E-state index in [2.05, 4.69) is 9.97 Å². The molecule has 0 bridgehead atoms. The van der Waals surface area contributed by atoms with E-state index >= 15 is 0 Å². The molecule has 1 fully saturated rings. The van der Waals surface area contributed by atoms with Crippen LogP contribution in [0.25, 0.3) is 0 Å². The second-order valence-corrected chi connectivity index (χ2v) is 6.69. The fourth-order valence-corrected chi connectivity index (χ4v) is 3.10. The van der Waals surface area contributed by atoms with Crippen molar-refractivity contribution in [3.05, 3.63) is 53.1 Å². The van der Waals surface area contributed by atoms with Crippen LogP contribution >= 0.6 is 0 Å². The summed E-state index contributed by atoms with van der Waals surface area (Å²) in [6.07, 6.45) is -6.82. The van der Waals surface area contributed by atoms with Crippen LogP contribution < -0.4 is 0 Å². The van der Waals surface area contributed by atoms with Crippen molar-refractivity contribution < 1.29 is 35.9 Å². The first-order chi connectivity index (χ1) is 13.5. The molecule has 1 aromatic carbocycles. The number of ether oxygens (including phenoxy) is 1. The SMILES string of the molecule is O=C(C1CCCO1)N(Cc1cc(C(F)(F)F)cc(C(F)(F)F)c1)Cc1cnc[nH]1. The molecule has 158 valence electrons. The van der Waals surface area contributed by atoms with Gasteiger partial charge >= 0.3 is 12.4 Å². The minimum absolute atomic E-state index is 0.0592. The van der Waals surface area contributed by atoms with Gasteiger partial charge in [0.2, 0.25) is 0 Å². The van der Waals surface area contributed by atoms with Gasteiger partial charge in [-0.1, -0.05) is 0 Å². The number of halogens is 6. The second kappa shape index (κ2) is 8.05. The van der Waals surface area contributed by atoms with Gasteiger partial charge in [-0.05, 0) is 36.6 Å². The van der Waals surface area contributed by atoms with Crippen LogP contribution in [0, 0.1) is 0 Å². The van der Waals surface area contributed by atoms with Gasteiger partial charge in [-0.2, -0.15) is 26.3 Å². The van der Waals surface area contributed by atoms with E-state index in [9.17, 15) is 31.1 Å². The summed E-state index contributed by atoms with van der Waals surface area (Å²) in [7, 11) is 0. The van der Waals surface area contributed by atoms with Crippen LogP contribution in [0.4, 0.5) is 26.3 Å². The molecule has 2 aromatic rings. The Morgan fingerprint density at radius 2 is 1.76 bits per heavy atom. The lowest BCUT2D eigenvalue weighted by molar-refractivity contribution is -0.143. The molecule has 1 amide bonds. The molecule has 5 nitrogen and oxygen atoms in total. The summed E-state index contributed by atoms with van der Waals surface area (Å²) >= 11 is 0. The Hall–Kier alpha value is -2.56. The quantitative estimate of drug-likeness (QED) is 0.738. The molecule has 1 unspecified atom stereocenters. The Bertz CT molecular complexity index is 810. The highest BCUT2D eigenvalue weighted by atomic mass is 19.4. The first-order valence-electron chi connectivity index (χ1n) is 8.70. The van der Waals surface area contributed by atoms with Crippen molar-refractivity contribution in [3.8, 4) is 0 Å². The van der Waals surface area contributed by atoms with E-state index in [-0.39, 0.29) is 18.2 Å². The highest BCUT2D eigenvalue weighted by molar-refractivity contribution is 5.81. The monoisotopic (exact) mass is 421 g/mol. The van der Waals surface area contributed by atoms with Crippen LogP contribution in [0.5, 0.6) is 0 Å². The molecule has 1 aliphatic rings. The van der Waals surface area contributed by atoms with Gasteiger partial charge in [0, 0.05) is 19.3 Å². The summed E-state index contributed by atoms with van der Waals surface area (Å²) < 4.78 is 83.9. The second-order valence-electron chi connectivity index (χ2n) is 6.69. The van der Waals surface area contributed by atoms with Crippen molar-refractivity contribution in [2.45, 2.75) is 44.4 Å². The first kappa shape index (κ1) is 21.2. The molecule has 0 spiro atoms. The van der Waals surface area contributed by atoms with Gasteiger partial charge in [0.15, 0.2) is 0 Å². The number of nitrogens with one attached hydrogen (secondary N) is 1. The Labute approximate surface area is 161 Å². The highest BCUT2D eigenvalue weighted by Gasteiger charge is 2.37. The van der Waals surface area contributed by atoms with E-state index in [4.69, 9.17) is 4.74 Å². The number of amides is 1. The van der Waals surface area contributed by atoms with Gasteiger partial charge < -0.3 is 14.6 Å². The van der Waals surface area contributed by atoms with E-state index in [1.165, 1.54) is 17.4 Å². The number of aromatic nitrogens is 2. The lowest BCUT2D eigenvalue weighted by Gasteiger charge is -2.26. The maximum absolute atomic E-state index is 13.1. The molecule has 1 saturated heterocycles. The molecule has 0 saturated carbocycles. The Morgan fingerprint density at radius 1 is 1.10 bits per heavy atom. The number of hydrogen-bond acceptors (Lipinski definition) is 3. The van der Waals surface area contributed by atoms with E-state index in [1.807, 2.05) is 0 Å². The molecule has 29 heavy (non-hydrogen) atoms. The third kappa shape index (κ3) is 5.28. The molecular formula is C18H17F6N3O2. The summed E-state index contributed by atoms with van der Waals surface area (Å²) in [5, 5.41) is 0. The zero-order valence-electron chi connectivity index (χ0n) is 15.0. The Kier molecular flexibility index (Phi) is 5.87. The third-order valence-electron chi connectivity index (χ3n) is 4.45.